The van der Waals surface area contributed by atoms with Crippen LogP contribution in [-0.4, -0.2) is 28.1 Å². The van der Waals surface area contributed by atoms with Gasteiger partial charge in [0, 0.05) is 12.2 Å². The Morgan fingerprint density at radius 2 is 1.90 bits per heavy atom. The maximum absolute atomic E-state index is 5.95. The van der Waals surface area contributed by atoms with Gasteiger partial charge in [-0.05, 0) is 44.0 Å². The summed E-state index contributed by atoms with van der Waals surface area (Å²) in [5, 5.41) is 0.130. The topological polar surface area (TPSA) is 51.1 Å². The van der Waals surface area contributed by atoms with E-state index in [0.717, 1.165) is 17.8 Å². The molecule has 0 aliphatic rings. The fourth-order valence-electron chi connectivity index (χ4n) is 1.92. The number of para-hydroxylation sites is 1. The van der Waals surface area contributed by atoms with Crippen molar-refractivity contribution in [3.05, 3.63) is 35.1 Å². The molecule has 1 aromatic carbocycles. The van der Waals surface area contributed by atoms with Crippen LogP contribution in [0, 0.1) is 6.92 Å². The van der Waals surface area contributed by atoms with Crippen molar-refractivity contribution in [2.75, 3.05) is 18.1 Å². The van der Waals surface area contributed by atoms with E-state index < -0.39 is 0 Å². The van der Waals surface area contributed by atoms with Crippen LogP contribution in [0.5, 0.6) is 6.01 Å². The van der Waals surface area contributed by atoms with E-state index in [0.29, 0.717) is 12.6 Å². The number of halogens is 1. The molecule has 0 N–H and O–H groups in total. The average Bonchev–Trinajstić information content (AvgIpc) is 2.41. The number of hydrogen-bond donors (Lipinski definition) is 0. The van der Waals surface area contributed by atoms with E-state index in [2.05, 4.69) is 15.0 Å². The number of ether oxygens (including phenoxy) is 1. The van der Waals surface area contributed by atoms with Crippen LogP contribution in [0.1, 0.15) is 19.4 Å². The minimum Gasteiger partial charge on any atom is -0.464 e. The molecule has 0 unspecified atom stereocenters. The van der Waals surface area contributed by atoms with Gasteiger partial charge in [-0.3, -0.25) is 0 Å². The van der Waals surface area contributed by atoms with Crippen molar-refractivity contribution in [1.29, 1.82) is 0 Å². The first kappa shape index (κ1) is 14.5. The van der Waals surface area contributed by atoms with E-state index >= 15 is 0 Å². The van der Waals surface area contributed by atoms with Crippen LogP contribution in [0.4, 0.5) is 11.6 Å². The van der Waals surface area contributed by atoms with E-state index in [1.54, 1.807) is 0 Å². The van der Waals surface area contributed by atoms with Gasteiger partial charge in [-0.1, -0.05) is 18.2 Å². The maximum Gasteiger partial charge on any atom is 0.322 e. The van der Waals surface area contributed by atoms with Gasteiger partial charge < -0.3 is 9.64 Å². The van der Waals surface area contributed by atoms with Gasteiger partial charge in [-0.15, -0.1) is 0 Å². The molecule has 0 amide bonds. The zero-order valence-corrected chi connectivity index (χ0v) is 12.6. The number of hydrogen-bond acceptors (Lipinski definition) is 5. The number of rotatable bonds is 5. The van der Waals surface area contributed by atoms with Gasteiger partial charge >= 0.3 is 6.01 Å². The Kier molecular flexibility index (Phi) is 4.74. The highest BCUT2D eigenvalue weighted by Gasteiger charge is 2.15. The van der Waals surface area contributed by atoms with Crippen molar-refractivity contribution in [3.8, 4) is 6.01 Å². The minimum atomic E-state index is 0.130. The van der Waals surface area contributed by atoms with Crippen molar-refractivity contribution in [2.24, 2.45) is 0 Å². The second-order valence-corrected chi connectivity index (χ2v) is 4.49. The van der Waals surface area contributed by atoms with Gasteiger partial charge in [0.25, 0.3) is 0 Å². The number of benzene rings is 1. The van der Waals surface area contributed by atoms with Crippen LogP contribution in [0.15, 0.2) is 24.3 Å². The summed E-state index contributed by atoms with van der Waals surface area (Å²) in [6.07, 6.45) is 0. The molecular formula is C14H17ClN4O. The summed E-state index contributed by atoms with van der Waals surface area (Å²) in [6, 6.07) is 8.30. The van der Waals surface area contributed by atoms with Crippen LogP contribution in [0.3, 0.4) is 0 Å². The standard InChI is InChI=1S/C14H17ClN4O/c1-4-19(11-9-7-6-8-10(11)3)13-16-12(15)17-14(18-13)20-5-2/h6-9H,4-5H2,1-3H3. The molecule has 106 valence electrons. The van der Waals surface area contributed by atoms with Gasteiger partial charge in [-0.25, -0.2) is 0 Å². The molecule has 0 bridgehead atoms. The first-order chi connectivity index (χ1) is 9.65. The van der Waals surface area contributed by atoms with E-state index in [-0.39, 0.29) is 11.3 Å². The summed E-state index contributed by atoms with van der Waals surface area (Å²) in [5.41, 5.74) is 2.18. The molecule has 0 saturated heterocycles. The quantitative estimate of drug-likeness (QED) is 0.845. The van der Waals surface area contributed by atoms with Crippen molar-refractivity contribution in [2.45, 2.75) is 20.8 Å². The molecule has 0 atom stereocenters. The Morgan fingerprint density at radius 3 is 2.55 bits per heavy atom. The van der Waals surface area contributed by atoms with Crippen molar-refractivity contribution < 1.29 is 4.74 Å². The molecule has 0 aliphatic heterocycles. The summed E-state index contributed by atoms with van der Waals surface area (Å²) >= 11 is 5.95. The zero-order valence-electron chi connectivity index (χ0n) is 11.8. The van der Waals surface area contributed by atoms with Crippen molar-refractivity contribution in [3.63, 3.8) is 0 Å². The summed E-state index contributed by atoms with van der Waals surface area (Å²) in [5.74, 6) is 0.491. The van der Waals surface area contributed by atoms with Gasteiger partial charge in [-0.2, -0.15) is 15.0 Å². The molecule has 5 nitrogen and oxygen atoms in total. The molecule has 0 spiro atoms. The van der Waals surface area contributed by atoms with Crippen LogP contribution in [-0.2, 0) is 0 Å². The largest absolute Gasteiger partial charge is 0.464 e. The van der Waals surface area contributed by atoms with Gasteiger partial charge in [0.2, 0.25) is 11.2 Å². The molecule has 0 radical (unpaired) electrons. The monoisotopic (exact) mass is 292 g/mol. The smallest absolute Gasteiger partial charge is 0.322 e. The molecular weight excluding hydrogens is 276 g/mol. The Morgan fingerprint density at radius 1 is 1.15 bits per heavy atom. The third-order valence-corrected chi connectivity index (χ3v) is 2.98. The lowest BCUT2D eigenvalue weighted by atomic mass is 10.2. The zero-order chi connectivity index (χ0) is 14.5. The molecule has 0 fully saturated rings. The average molecular weight is 293 g/mol. The van der Waals surface area contributed by atoms with Gasteiger partial charge in [0.1, 0.15) is 0 Å². The second-order valence-electron chi connectivity index (χ2n) is 4.15. The minimum absolute atomic E-state index is 0.130. The Balaban J connectivity index is 2.44. The lowest BCUT2D eigenvalue weighted by Gasteiger charge is -2.22. The SMILES string of the molecule is CCOc1nc(Cl)nc(N(CC)c2ccccc2C)n1. The van der Waals surface area contributed by atoms with Gasteiger partial charge in [0.15, 0.2) is 0 Å². The second kappa shape index (κ2) is 6.52. The molecule has 1 aromatic heterocycles. The number of nitrogens with zero attached hydrogens (tertiary/aromatic N) is 4. The highest BCUT2D eigenvalue weighted by molar-refractivity contribution is 6.28. The third-order valence-electron chi connectivity index (χ3n) is 2.81. The molecule has 20 heavy (non-hydrogen) atoms. The highest BCUT2D eigenvalue weighted by atomic mass is 35.5. The van der Waals surface area contributed by atoms with E-state index in [1.165, 1.54) is 0 Å². The van der Waals surface area contributed by atoms with Crippen molar-refractivity contribution in [1.82, 2.24) is 15.0 Å². The predicted molar refractivity (Wildman–Crippen MR) is 79.9 cm³/mol. The summed E-state index contributed by atoms with van der Waals surface area (Å²) in [7, 11) is 0. The van der Waals surface area contributed by atoms with E-state index in [1.807, 2.05) is 49.9 Å². The molecule has 0 saturated carbocycles. The molecule has 0 aliphatic carbocycles. The van der Waals surface area contributed by atoms with E-state index in [9.17, 15) is 0 Å². The Labute approximate surface area is 123 Å². The third kappa shape index (κ3) is 3.17. The molecule has 1 heterocycles. The highest BCUT2D eigenvalue weighted by Crippen LogP contribution is 2.26. The molecule has 2 rings (SSSR count). The summed E-state index contributed by atoms with van der Waals surface area (Å²) < 4.78 is 5.31. The molecule has 6 heteroatoms. The van der Waals surface area contributed by atoms with Crippen LogP contribution in [0.25, 0.3) is 0 Å². The van der Waals surface area contributed by atoms with Crippen LogP contribution in [0.2, 0.25) is 5.28 Å². The summed E-state index contributed by atoms with van der Waals surface area (Å²) in [6.45, 7) is 7.15. The lowest BCUT2D eigenvalue weighted by molar-refractivity contribution is 0.311. The Bertz CT molecular complexity index is 591. The number of aryl methyl sites for hydroxylation is 1. The number of aromatic nitrogens is 3. The number of anilines is 2. The fourth-order valence-corrected chi connectivity index (χ4v) is 2.07. The van der Waals surface area contributed by atoms with Crippen LogP contribution < -0.4 is 9.64 Å². The summed E-state index contributed by atoms with van der Waals surface area (Å²) in [4.78, 5) is 14.4. The maximum atomic E-state index is 5.95. The predicted octanol–water partition coefficient (Wildman–Crippen LogP) is 3.39. The van der Waals surface area contributed by atoms with Gasteiger partial charge in [0.05, 0.1) is 6.61 Å². The van der Waals surface area contributed by atoms with Crippen molar-refractivity contribution >= 4 is 23.2 Å². The van der Waals surface area contributed by atoms with E-state index in [4.69, 9.17) is 16.3 Å². The molecule has 2 aromatic rings. The van der Waals surface area contributed by atoms with Crippen LogP contribution >= 0.6 is 11.6 Å². The fraction of sp³-hybridized carbons (Fsp3) is 0.357. The normalized spacial score (nSPS) is 10.4. The lowest BCUT2D eigenvalue weighted by Crippen LogP contribution is -2.20. The first-order valence-electron chi connectivity index (χ1n) is 6.53. The Hall–Kier alpha value is -1.88. The first-order valence-corrected chi connectivity index (χ1v) is 6.91.